The number of carbonyl (C=O) groups excluding carboxylic acids is 1. The number of fused-ring (bicyclic) bond motifs is 1. The van der Waals surface area contributed by atoms with Gasteiger partial charge in [-0.15, -0.1) is 11.3 Å². The van der Waals surface area contributed by atoms with Crippen LogP contribution in [0.2, 0.25) is 5.02 Å². The number of sulfonamides is 1. The summed E-state index contributed by atoms with van der Waals surface area (Å²) in [5, 5.41) is 2.64. The lowest BCUT2D eigenvalue weighted by Crippen LogP contribution is -2.48. The molecule has 0 saturated carbocycles. The zero-order chi connectivity index (χ0) is 26.4. The molecule has 0 saturated heterocycles. The molecule has 1 aliphatic heterocycles. The zero-order valence-electron chi connectivity index (χ0n) is 20.9. The minimum atomic E-state index is -3.87. The molecule has 10 heteroatoms. The second kappa shape index (κ2) is 12.4. The van der Waals surface area contributed by atoms with Crippen LogP contribution in [-0.2, 0) is 26.0 Å². The van der Waals surface area contributed by atoms with Crippen LogP contribution in [0.5, 0.6) is 5.75 Å². The molecule has 0 N–H and O–H groups in total. The lowest BCUT2D eigenvalue weighted by atomic mass is 10.0. The van der Waals surface area contributed by atoms with E-state index in [0.29, 0.717) is 30.3 Å². The topological polar surface area (TPSA) is 76.2 Å². The number of ether oxygens (including phenoxy) is 2. The molecular weight excluding hydrogens is 532 g/mol. The predicted octanol–water partition coefficient (Wildman–Crippen LogP) is 4.94. The van der Waals surface area contributed by atoms with E-state index in [2.05, 4.69) is 0 Å². The summed E-state index contributed by atoms with van der Waals surface area (Å²) in [6.45, 7) is 2.98. The maximum absolute atomic E-state index is 13.7. The highest BCUT2D eigenvalue weighted by Gasteiger charge is 2.35. The van der Waals surface area contributed by atoms with E-state index in [4.69, 9.17) is 21.1 Å². The fourth-order valence-electron chi connectivity index (χ4n) is 4.35. The molecule has 0 unspecified atom stereocenters. The Balaban J connectivity index is 1.55. The van der Waals surface area contributed by atoms with Gasteiger partial charge in [-0.3, -0.25) is 4.79 Å². The standard InChI is InChI=1S/C27H31ClN2O5S2/c1-20-4-10-23(11-5-20)37(32,33)29(14-3-16-34-2)18-27(31)30-15-12-26-24(13-17-36-26)25(30)19-35-22-8-6-21(28)7-9-22/h4-11,13,17,25H,3,12,14-16,18-19H2,1-2H3/t25-/m1/s1. The SMILES string of the molecule is COCCCN(CC(=O)N1CCc2sccc2[C@H]1COc1ccc(Cl)cc1)S(=O)(=O)c1ccc(C)cc1. The molecule has 3 aromatic rings. The lowest BCUT2D eigenvalue weighted by Gasteiger charge is -2.37. The maximum atomic E-state index is 13.7. The monoisotopic (exact) mass is 562 g/mol. The average molecular weight is 563 g/mol. The quantitative estimate of drug-likeness (QED) is 0.309. The summed E-state index contributed by atoms with van der Waals surface area (Å²) in [5.74, 6) is 0.400. The van der Waals surface area contributed by atoms with Crippen molar-refractivity contribution in [2.24, 2.45) is 0 Å². The van der Waals surface area contributed by atoms with Crippen LogP contribution in [0.25, 0.3) is 0 Å². The molecule has 0 spiro atoms. The van der Waals surface area contributed by atoms with Gasteiger partial charge in [0.1, 0.15) is 12.4 Å². The third-order valence-corrected chi connectivity index (χ3v) is 9.47. The molecule has 2 aromatic carbocycles. The number of benzene rings is 2. The normalized spacial score (nSPS) is 15.6. The molecule has 4 rings (SSSR count). The summed E-state index contributed by atoms with van der Waals surface area (Å²) in [5.41, 5.74) is 2.01. The molecule has 1 atom stereocenters. The molecule has 1 aliphatic rings. The molecule has 0 radical (unpaired) electrons. The Bertz CT molecular complexity index is 1290. The zero-order valence-corrected chi connectivity index (χ0v) is 23.3. The number of hydrogen-bond acceptors (Lipinski definition) is 6. The number of amides is 1. The van der Waals surface area contributed by atoms with Crippen LogP contribution in [0.1, 0.15) is 28.5 Å². The highest BCUT2D eigenvalue weighted by molar-refractivity contribution is 7.89. The van der Waals surface area contributed by atoms with Crippen molar-refractivity contribution in [2.45, 2.75) is 30.7 Å². The van der Waals surface area contributed by atoms with Crippen molar-refractivity contribution in [2.75, 3.05) is 40.0 Å². The number of carbonyl (C=O) groups is 1. The van der Waals surface area contributed by atoms with Crippen molar-refractivity contribution in [3.05, 3.63) is 81.0 Å². The number of methoxy groups -OCH3 is 1. The summed E-state index contributed by atoms with van der Waals surface area (Å²) < 4.78 is 39.5. The molecule has 37 heavy (non-hydrogen) atoms. The molecule has 0 aliphatic carbocycles. The number of halogens is 1. The van der Waals surface area contributed by atoms with Crippen molar-refractivity contribution >= 4 is 38.9 Å². The first kappa shape index (κ1) is 27.6. The number of hydrogen-bond donors (Lipinski definition) is 0. The number of thiophene rings is 1. The Kier molecular flexibility index (Phi) is 9.26. The van der Waals surface area contributed by atoms with Crippen LogP contribution in [0.3, 0.4) is 0 Å². The van der Waals surface area contributed by atoms with Crippen LogP contribution in [0.4, 0.5) is 0 Å². The van der Waals surface area contributed by atoms with Crippen LogP contribution in [0.15, 0.2) is 64.9 Å². The minimum absolute atomic E-state index is 0.171. The summed E-state index contributed by atoms with van der Waals surface area (Å²) in [7, 11) is -2.30. The molecule has 7 nitrogen and oxygen atoms in total. The van der Waals surface area contributed by atoms with Crippen LogP contribution >= 0.6 is 22.9 Å². The minimum Gasteiger partial charge on any atom is -0.491 e. The Morgan fingerprint density at radius 2 is 1.86 bits per heavy atom. The van der Waals surface area contributed by atoms with E-state index < -0.39 is 10.0 Å². The first-order chi connectivity index (χ1) is 17.8. The van der Waals surface area contributed by atoms with E-state index in [1.807, 2.05) is 18.4 Å². The Morgan fingerprint density at radius 3 is 2.57 bits per heavy atom. The summed E-state index contributed by atoms with van der Waals surface area (Å²) >= 11 is 7.66. The average Bonchev–Trinajstić information content (AvgIpc) is 3.37. The van der Waals surface area contributed by atoms with Crippen molar-refractivity contribution in [1.82, 2.24) is 9.21 Å². The molecule has 198 valence electrons. The number of nitrogens with zero attached hydrogens (tertiary/aromatic N) is 2. The molecule has 2 heterocycles. The van der Waals surface area contributed by atoms with Gasteiger partial charge in [-0.25, -0.2) is 8.42 Å². The first-order valence-corrected chi connectivity index (χ1v) is 14.8. The van der Waals surface area contributed by atoms with Gasteiger partial charge in [-0.1, -0.05) is 29.3 Å². The second-order valence-electron chi connectivity index (χ2n) is 8.91. The number of aryl methyl sites for hydroxylation is 1. The molecule has 0 fully saturated rings. The third kappa shape index (κ3) is 6.72. The van der Waals surface area contributed by atoms with Gasteiger partial charge in [0.25, 0.3) is 0 Å². The van der Waals surface area contributed by atoms with Gasteiger partial charge in [-0.2, -0.15) is 4.31 Å². The first-order valence-electron chi connectivity index (χ1n) is 12.1. The fourth-order valence-corrected chi connectivity index (χ4v) is 6.83. The van der Waals surface area contributed by atoms with E-state index in [9.17, 15) is 13.2 Å². The van der Waals surface area contributed by atoms with Crippen LogP contribution in [-0.4, -0.2) is 63.5 Å². The van der Waals surface area contributed by atoms with Gasteiger partial charge in [0.15, 0.2) is 0 Å². The summed E-state index contributed by atoms with van der Waals surface area (Å²) in [6, 6.07) is 15.5. The van der Waals surface area contributed by atoms with Crippen molar-refractivity contribution in [1.29, 1.82) is 0 Å². The molecule has 1 amide bonds. The Labute approximate surface area is 227 Å². The van der Waals surface area contributed by atoms with Gasteiger partial charge >= 0.3 is 0 Å². The van der Waals surface area contributed by atoms with E-state index >= 15 is 0 Å². The van der Waals surface area contributed by atoms with Crippen LogP contribution < -0.4 is 4.74 Å². The highest BCUT2D eigenvalue weighted by Crippen LogP contribution is 2.34. The van der Waals surface area contributed by atoms with Crippen molar-refractivity contribution in [3.63, 3.8) is 0 Å². The van der Waals surface area contributed by atoms with Gasteiger partial charge in [-0.05, 0) is 73.2 Å². The van der Waals surface area contributed by atoms with Gasteiger partial charge in [0, 0.05) is 36.7 Å². The van der Waals surface area contributed by atoms with E-state index in [1.54, 1.807) is 71.9 Å². The molecular formula is C27H31ClN2O5S2. The van der Waals surface area contributed by atoms with E-state index in [0.717, 1.165) is 17.5 Å². The largest absolute Gasteiger partial charge is 0.491 e. The predicted molar refractivity (Wildman–Crippen MR) is 146 cm³/mol. The number of rotatable bonds is 11. The lowest BCUT2D eigenvalue weighted by molar-refractivity contribution is -0.135. The smallest absolute Gasteiger partial charge is 0.243 e. The van der Waals surface area contributed by atoms with Gasteiger partial charge < -0.3 is 14.4 Å². The fraction of sp³-hybridized carbons (Fsp3) is 0.370. The van der Waals surface area contributed by atoms with Crippen LogP contribution in [0, 0.1) is 6.92 Å². The maximum Gasteiger partial charge on any atom is 0.243 e. The van der Waals surface area contributed by atoms with Crippen molar-refractivity contribution < 1.29 is 22.7 Å². The summed E-state index contributed by atoms with van der Waals surface area (Å²) in [6.07, 6.45) is 1.21. The van der Waals surface area contributed by atoms with E-state index in [1.165, 1.54) is 9.18 Å². The molecule has 1 aromatic heterocycles. The highest BCUT2D eigenvalue weighted by atomic mass is 35.5. The second-order valence-corrected chi connectivity index (χ2v) is 12.3. The third-order valence-electron chi connectivity index (χ3n) is 6.36. The van der Waals surface area contributed by atoms with Gasteiger partial charge in [0.2, 0.25) is 15.9 Å². The van der Waals surface area contributed by atoms with E-state index in [-0.39, 0.29) is 36.5 Å². The van der Waals surface area contributed by atoms with Crippen molar-refractivity contribution in [3.8, 4) is 5.75 Å². The Hall–Kier alpha value is -2.43. The Morgan fingerprint density at radius 1 is 1.14 bits per heavy atom. The molecule has 0 bridgehead atoms. The summed E-state index contributed by atoms with van der Waals surface area (Å²) in [4.78, 5) is 16.8. The van der Waals surface area contributed by atoms with Gasteiger partial charge in [0.05, 0.1) is 17.5 Å².